The molecule has 0 aromatic rings. The molecule has 0 saturated heterocycles. The Hall–Kier alpha value is -0.520. The Balaban J connectivity index is 2.28. The molecular weight excluding hydrogens is 144 g/mol. The molecule has 1 aliphatic rings. The highest BCUT2D eigenvalue weighted by atomic mass is 14.1. The lowest BCUT2D eigenvalue weighted by Crippen LogP contribution is -1.88. The topological polar surface area (TPSA) is 0 Å². The van der Waals surface area contributed by atoms with Gasteiger partial charge in [0.25, 0.3) is 0 Å². The average Bonchev–Trinajstić information content (AvgIpc) is 2.50. The summed E-state index contributed by atoms with van der Waals surface area (Å²) in [5, 5.41) is 0. The van der Waals surface area contributed by atoms with Gasteiger partial charge in [-0.25, -0.2) is 0 Å². The van der Waals surface area contributed by atoms with Gasteiger partial charge in [-0.1, -0.05) is 56.9 Å². The summed E-state index contributed by atoms with van der Waals surface area (Å²) in [6, 6.07) is 0. The van der Waals surface area contributed by atoms with Crippen molar-refractivity contribution in [1.82, 2.24) is 0 Å². The zero-order chi connectivity index (χ0) is 8.81. The molecule has 0 saturated carbocycles. The molecule has 0 aromatic carbocycles. The van der Waals surface area contributed by atoms with Crippen molar-refractivity contribution in [3.05, 3.63) is 23.8 Å². The quantitative estimate of drug-likeness (QED) is 0.574. The average molecular weight is 164 g/mol. The van der Waals surface area contributed by atoms with Crippen LogP contribution >= 0.6 is 0 Å². The van der Waals surface area contributed by atoms with Crippen molar-refractivity contribution in [3.8, 4) is 0 Å². The van der Waals surface area contributed by atoms with E-state index in [0.717, 1.165) is 5.92 Å². The molecule has 0 radical (unpaired) electrons. The van der Waals surface area contributed by atoms with Crippen molar-refractivity contribution >= 4 is 0 Å². The fourth-order valence-corrected chi connectivity index (χ4v) is 1.71. The number of rotatable bonds is 5. The molecule has 1 unspecified atom stereocenters. The van der Waals surface area contributed by atoms with Gasteiger partial charge in [0, 0.05) is 0 Å². The largest absolute Gasteiger partial charge is 0.0773 e. The van der Waals surface area contributed by atoms with Gasteiger partial charge in [0.2, 0.25) is 0 Å². The summed E-state index contributed by atoms with van der Waals surface area (Å²) in [5.41, 5.74) is 1.55. The number of unbranched alkanes of at least 4 members (excludes halogenated alkanes) is 1. The summed E-state index contributed by atoms with van der Waals surface area (Å²) < 4.78 is 0. The first kappa shape index (κ1) is 9.57. The van der Waals surface area contributed by atoms with Crippen molar-refractivity contribution in [2.24, 2.45) is 5.92 Å². The van der Waals surface area contributed by atoms with Crippen molar-refractivity contribution < 1.29 is 0 Å². The summed E-state index contributed by atoms with van der Waals surface area (Å²) >= 11 is 0. The van der Waals surface area contributed by atoms with Gasteiger partial charge in [-0.05, 0) is 18.8 Å². The van der Waals surface area contributed by atoms with Crippen LogP contribution in [0.5, 0.6) is 0 Å². The van der Waals surface area contributed by atoms with Crippen LogP contribution in [0.15, 0.2) is 23.8 Å². The summed E-state index contributed by atoms with van der Waals surface area (Å²) in [6.07, 6.45) is 13.7. The van der Waals surface area contributed by atoms with E-state index in [4.69, 9.17) is 0 Å². The van der Waals surface area contributed by atoms with E-state index in [1.807, 2.05) is 0 Å². The van der Waals surface area contributed by atoms with E-state index in [1.165, 1.54) is 32.1 Å². The van der Waals surface area contributed by atoms with Crippen LogP contribution < -0.4 is 0 Å². The minimum absolute atomic E-state index is 0.756. The molecule has 0 amide bonds. The maximum absolute atomic E-state index is 2.44. The van der Waals surface area contributed by atoms with Crippen LogP contribution in [-0.4, -0.2) is 0 Å². The molecule has 0 bridgehead atoms. The SMILES string of the molecule is CCCCC1C=CC(CCC)=C1. The second-order valence-electron chi connectivity index (χ2n) is 3.66. The maximum Gasteiger partial charge on any atom is -0.00445 e. The number of allylic oxidation sites excluding steroid dienone is 4. The van der Waals surface area contributed by atoms with Gasteiger partial charge in [0.1, 0.15) is 0 Å². The monoisotopic (exact) mass is 164 g/mol. The highest BCUT2D eigenvalue weighted by Crippen LogP contribution is 2.23. The van der Waals surface area contributed by atoms with Gasteiger partial charge in [-0.15, -0.1) is 0 Å². The fraction of sp³-hybridized carbons (Fsp3) is 0.667. The standard InChI is InChI=1S/C12H20/c1-3-5-7-12-9-8-11(10-12)6-4-2/h8-10,12H,3-7H2,1-2H3. The molecule has 0 spiro atoms. The van der Waals surface area contributed by atoms with E-state index in [1.54, 1.807) is 5.57 Å². The highest BCUT2D eigenvalue weighted by molar-refractivity contribution is 5.28. The van der Waals surface area contributed by atoms with Crippen LogP contribution in [0, 0.1) is 5.92 Å². The summed E-state index contributed by atoms with van der Waals surface area (Å²) in [7, 11) is 0. The Morgan fingerprint density at radius 2 is 2.08 bits per heavy atom. The molecule has 1 aliphatic carbocycles. The molecule has 0 nitrogen and oxygen atoms in total. The van der Waals surface area contributed by atoms with Crippen LogP contribution in [-0.2, 0) is 0 Å². The third kappa shape index (κ3) is 2.84. The fourth-order valence-electron chi connectivity index (χ4n) is 1.71. The van der Waals surface area contributed by atoms with E-state index in [9.17, 15) is 0 Å². The summed E-state index contributed by atoms with van der Waals surface area (Å²) in [5.74, 6) is 0.756. The molecule has 0 N–H and O–H groups in total. The second-order valence-corrected chi connectivity index (χ2v) is 3.66. The van der Waals surface area contributed by atoms with Crippen LogP contribution in [0.4, 0.5) is 0 Å². The maximum atomic E-state index is 2.44. The highest BCUT2D eigenvalue weighted by Gasteiger charge is 2.07. The first-order valence-corrected chi connectivity index (χ1v) is 5.25. The smallest absolute Gasteiger partial charge is 0.00445 e. The van der Waals surface area contributed by atoms with Gasteiger partial charge in [0.15, 0.2) is 0 Å². The minimum Gasteiger partial charge on any atom is -0.0773 e. The van der Waals surface area contributed by atoms with Gasteiger partial charge >= 0.3 is 0 Å². The third-order valence-electron chi connectivity index (χ3n) is 2.42. The first-order valence-electron chi connectivity index (χ1n) is 5.25. The van der Waals surface area contributed by atoms with E-state index in [-0.39, 0.29) is 0 Å². The van der Waals surface area contributed by atoms with Gasteiger partial charge in [-0.3, -0.25) is 0 Å². The number of hydrogen-bond donors (Lipinski definition) is 0. The van der Waals surface area contributed by atoms with Gasteiger partial charge in [-0.2, -0.15) is 0 Å². The second kappa shape index (κ2) is 5.18. The molecule has 0 heteroatoms. The van der Waals surface area contributed by atoms with Crippen molar-refractivity contribution in [1.29, 1.82) is 0 Å². The minimum atomic E-state index is 0.756. The first-order chi connectivity index (χ1) is 5.86. The molecule has 0 aromatic heterocycles. The van der Waals surface area contributed by atoms with Gasteiger partial charge in [0.05, 0.1) is 0 Å². The normalized spacial score (nSPS) is 21.5. The van der Waals surface area contributed by atoms with Crippen LogP contribution in [0.25, 0.3) is 0 Å². The summed E-state index contributed by atoms with van der Waals surface area (Å²) in [6.45, 7) is 4.50. The zero-order valence-electron chi connectivity index (χ0n) is 8.34. The van der Waals surface area contributed by atoms with E-state index in [0.29, 0.717) is 0 Å². The lowest BCUT2D eigenvalue weighted by atomic mass is 10.0. The molecule has 68 valence electrons. The van der Waals surface area contributed by atoms with Crippen molar-refractivity contribution in [3.63, 3.8) is 0 Å². The Morgan fingerprint density at radius 1 is 1.25 bits per heavy atom. The third-order valence-corrected chi connectivity index (χ3v) is 2.42. The Kier molecular flexibility index (Phi) is 4.13. The Labute approximate surface area is 76.4 Å². The van der Waals surface area contributed by atoms with E-state index in [2.05, 4.69) is 32.1 Å². The molecule has 1 rings (SSSR count). The lowest BCUT2D eigenvalue weighted by Gasteiger charge is -2.02. The van der Waals surface area contributed by atoms with Crippen LogP contribution in [0.3, 0.4) is 0 Å². The molecule has 1 atom stereocenters. The Bertz CT molecular complexity index is 174. The predicted octanol–water partition coefficient (Wildman–Crippen LogP) is 4.09. The molecule has 0 fully saturated rings. The predicted molar refractivity (Wildman–Crippen MR) is 55.1 cm³/mol. The van der Waals surface area contributed by atoms with E-state index < -0.39 is 0 Å². The summed E-state index contributed by atoms with van der Waals surface area (Å²) in [4.78, 5) is 0. The zero-order valence-corrected chi connectivity index (χ0v) is 8.34. The van der Waals surface area contributed by atoms with Crippen molar-refractivity contribution in [2.75, 3.05) is 0 Å². The molecular formula is C12H20. The van der Waals surface area contributed by atoms with E-state index >= 15 is 0 Å². The van der Waals surface area contributed by atoms with Crippen LogP contribution in [0.2, 0.25) is 0 Å². The van der Waals surface area contributed by atoms with Gasteiger partial charge < -0.3 is 0 Å². The van der Waals surface area contributed by atoms with Crippen LogP contribution in [0.1, 0.15) is 46.0 Å². The molecule has 0 heterocycles. The lowest BCUT2D eigenvalue weighted by molar-refractivity contribution is 0.645. The Morgan fingerprint density at radius 3 is 2.75 bits per heavy atom. The van der Waals surface area contributed by atoms with Crippen molar-refractivity contribution in [2.45, 2.75) is 46.0 Å². The molecule has 0 aliphatic heterocycles. The molecule has 12 heavy (non-hydrogen) atoms. The number of hydrogen-bond acceptors (Lipinski definition) is 0.